The molecule has 0 fully saturated rings. The van der Waals surface area contributed by atoms with Gasteiger partial charge in [-0.2, -0.15) is 0 Å². The van der Waals surface area contributed by atoms with Gasteiger partial charge in [-0.25, -0.2) is 4.39 Å². The van der Waals surface area contributed by atoms with Crippen LogP contribution in [0.15, 0.2) is 24.3 Å². The fourth-order valence-corrected chi connectivity index (χ4v) is 2.96. The normalized spacial score (nSPS) is 10.9. The van der Waals surface area contributed by atoms with Crippen molar-refractivity contribution in [3.8, 4) is 0 Å². The van der Waals surface area contributed by atoms with Gasteiger partial charge in [0.2, 0.25) is 0 Å². The number of thiophene rings is 1. The van der Waals surface area contributed by atoms with E-state index < -0.39 is 0 Å². The molecule has 0 bridgehead atoms. The second kappa shape index (κ2) is 5.83. The topological polar surface area (TPSA) is 12.0 Å². The summed E-state index contributed by atoms with van der Waals surface area (Å²) in [6, 6.07) is 7.07. The summed E-state index contributed by atoms with van der Waals surface area (Å²) in [6.45, 7) is 5.59. The molecule has 18 heavy (non-hydrogen) atoms. The molecule has 96 valence electrons. The average molecular weight is 284 g/mol. The van der Waals surface area contributed by atoms with Crippen molar-refractivity contribution in [2.75, 3.05) is 0 Å². The van der Waals surface area contributed by atoms with Crippen molar-refractivity contribution in [2.24, 2.45) is 0 Å². The van der Waals surface area contributed by atoms with E-state index in [1.807, 2.05) is 6.07 Å². The van der Waals surface area contributed by atoms with Crippen LogP contribution < -0.4 is 5.32 Å². The third-order valence-corrected chi connectivity index (χ3v) is 4.44. The Bertz CT molecular complexity index is 531. The maximum atomic E-state index is 13.2. The van der Waals surface area contributed by atoms with Crippen LogP contribution in [0.25, 0.3) is 0 Å². The Morgan fingerprint density at radius 3 is 2.72 bits per heavy atom. The third kappa shape index (κ3) is 3.10. The number of benzene rings is 1. The van der Waals surface area contributed by atoms with Crippen molar-refractivity contribution >= 4 is 22.9 Å². The minimum absolute atomic E-state index is 0.212. The molecule has 4 heteroatoms. The first kappa shape index (κ1) is 13.5. The van der Waals surface area contributed by atoms with Crippen LogP contribution in [0.3, 0.4) is 0 Å². The van der Waals surface area contributed by atoms with Gasteiger partial charge < -0.3 is 5.32 Å². The predicted molar refractivity (Wildman–Crippen MR) is 75.7 cm³/mol. The number of nitrogens with one attached hydrogen (secondary N) is 1. The molecule has 1 heterocycles. The Hall–Kier alpha value is -0.900. The van der Waals surface area contributed by atoms with Gasteiger partial charge in [-0.05, 0) is 37.1 Å². The molecule has 0 atom stereocenters. The highest BCUT2D eigenvalue weighted by atomic mass is 35.5. The van der Waals surface area contributed by atoms with E-state index in [-0.39, 0.29) is 10.8 Å². The Labute approximate surface area is 116 Å². The van der Waals surface area contributed by atoms with Gasteiger partial charge in [0.1, 0.15) is 5.82 Å². The van der Waals surface area contributed by atoms with Gasteiger partial charge in [0.25, 0.3) is 0 Å². The molecule has 0 spiro atoms. The number of halogens is 2. The molecule has 0 radical (unpaired) electrons. The quantitative estimate of drug-likeness (QED) is 0.874. The summed E-state index contributed by atoms with van der Waals surface area (Å²) >= 11 is 7.68. The van der Waals surface area contributed by atoms with Crippen LogP contribution in [0.5, 0.6) is 0 Å². The second-order valence-corrected chi connectivity index (χ2v) is 5.99. The van der Waals surface area contributed by atoms with Gasteiger partial charge >= 0.3 is 0 Å². The monoisotopic (exact) mass is 283 g/mol. The summed E-state index contributed by atoms with van der Waals surface area (Å²) in [7, 11) is 0. The van der Waals surface area contributed by atoms with Gasteiger partial charge in [0.15, 0.2) is 0 Å². The fourth-order valence-electron chi connectivity index (χ4n) is 1.74. The molecule has 1 N–H and O–H groups in total. The number of hydrogen-bond donors (Lipinski definition) is 1. The molecule has 0 aliphatic carbocycles. The highest BCUT2D eigenvalue weighted by molar-refractivity contribution is 7.12. The van der Waals surface area contributed by atoms with E-state index in [1.54, 1.807) is 17.4 Å². The SMILES string of the molecule is Cc1cc(CNCc2cccc(F)c2Cl)sc1C. The molecule has 1 nitrogen and oxygen atoms in total. The largest absolute Gasteiger partial charge is 0.308 e. The summed E-state index contributed by atoms with van der Waals surface area (Å²) in [5.41, 5.74) is 2.11. The summed E-state index contributed by atoms with van der Waals surface area (Å²) in [5, 5.41) is 3.50. The van der Waals surface area contributed by atoms with Crippen molar-refractivity contribution in [1.29, 1.82) is 0 Å². The first-order valence-corrected chi connectivity index (χ1v) is 6.97. The minimum atomic E-state index is -0.362. The minimum Gasteiger partial charge on any atom is -0.308 e. The van der Waals surface area contributed by atoms with Gasteiger partial charge in [-0.1, -0.05) is 23.7 Å². The summed E-state index contributed by atoms with van der Waals surface area (Å²) in [4.78, 5) is 2.63. The van der Waals surface area contributed by atoms with Crippen LogP contribution in [0.2, 0.25) is 5.02 Å². The average Bonchev–Trinajstić information content (AvgIpc) is 2.64. The van der Waals surface area contributed by atoms with Crippen LogP contribution in [0.1, 0.15) is 20.9 Å². The zero-order valence-electron chi connectivity index (χ0n) is 10.4. The molecule has 0 unspecified atom stereocenters. The van der Waals surface area contributed by atoms with E-state index in [4.69, 9.17) is 11.6 Å². The van der Waals surface area contributed by atoms with Crippen LogP contribution in [-0.2, 0) is 13.1 Å². The Morgan fingerprint density at radius 1 is 1.28 bits per heavy atom. The molecular formula is C14H15ClFNS. The Balaban J connectivity index is 1.94. The molecule has 0 saturated heterocycles. The lowest BCUT2D eigenvalue weighted by atomic mass is 10.2. The zero-order chi connectivity index (χ0) is 13.1. The molecule has 2 rings (SSSR count). The number of aryl methyl sites for hydroxylation is 2. The van der Waals surface area contributed by atoms with Gasteiger partial charge in [0, 0.05) is 22.8 Å². The predicted octanol–water partition coefficient (Wildman–Crippen LogP) is 4.45. The first-order valence-electron chi connectivity index (χ1n) is 5.77. The second-order valence-electron chi connectivity index (χ2n) is 4.27. The van der Waals surface area contributed by atoms with Crippen molar-refractivity contribution in [3.05, 3.63) is 56.0 Å². The summed E-state index contributed by atoms with van der Waals surface area (Å²) in [6.07, 6.45) is 0. The van der Waals surface area contributed by atoms with Gasteiger partial charge in [-0.15, -0.1) is 11.3 Å². The molecule has 1 aromatic heterocycles. The molecule has 0 aliphatic heterocycles. The van der Waals surface area contributed by atoms with E-state index in [9.17, 15) is 4.39 Å². The van der Waals surface area contributed by atoms with E-state index in [0.717, 1.165) is 12.1 Å². The van der Waals surface area contributed by atoms with E-state index in [1.165, 1.54) is 21.4 Å². The van der Waals surface area contributed by atoms with Crippen LogP contribution >= 0.6 is 22.9 Å². The lowest BCUT2D eigenvalue weighted by Gasteiger charge is -2.06. The maximum Gasteiger partial charge on any atom is 0.142 e. The molecule has 1 aromatic carbocycles. The van der Waals surface area contributed by atoms with E-state index >= 15 is 0 Å². The summed E-state index contributed by atoms with van der Waals surface area (Å²) < 4.78 is 13.2. The first-order chi connectivity index (χ1) is 8.58. The lowest BCUT2D eigenvalue weighted by Crippen LogP contribution is -2.12. The van der Waals surface area contributed by atoms with Crippen molar-refractivity contribution in [3.63, 3.8) is 0 Å². The summed E-state index contributed by atoms with van der Waals surface area (Å²) in [5.74, 6) is -0.362. The fraction of sp³-hybridized carbons (Fsp3) is 0.286. The highest BCUT2D eigenvalue weighted by Gasteiger charge is 2.06. The van der Waals surface area contributed by atoms with Gasteiger partial charge in [0.05, 0.1) is 5.02 Å². The standard InChI is InChI=1S/C14H15ClFNS/c1-9-6-12(18-10(9)2)8-17-7-11-4-3-5-13(16)14(11)15/h3-6,17H,7-8H2,1-2H3. The van der Waals surface area contributed by atoms with Crippen LogP contribution in [0.4, 0.5) is 4.39 Å². The van der Waals surface area contributed by atoms with Gasteiger partial charge in [-0.3, -0.25) is 0 Å². The molecule has 0 saturated carbocycles. The highest BCUT2D eigenvalue weighted by Crippen LogP contribution is 2.22. The maximum absolute atomic E-state index is 13.2. The molecular weight excluding hydrogens is 269 g/mol. The van der Waals surface area contributed by atoms with E-state index in [0.29, 0.717) is 6.54 Å². The van der Waals surface area contributed by atoms with Crippen molar-refractivity contribution in [1.82, 2.24) is 5.32 Å². The van der Waals surface area contributed by atoms with E-state index in [2.05, 4.69) is 25.2 Å². The number of hydrogen-bond acceptors (Lipinski definition) is 2. The molecule has 0 amide bonds. The molecule has 0 aliphatic rings. The van der Waals surface area contributed by atoms with Crippen molar-refractivity contribution < 1.29 is 4.39 Å². The number of rotatable bonds is 4. The van der Waals surface area contributed by atoms with Crippen LogP contribution in [-0.4, -0.2) is 0 Å². The molecule has 2 aromatic rings. The zero-order valence-corrected chi connectivity index (χ0v) is 12.0. The third-order valence-electron chi connectivity index (χ3n) is 2.86. The smallest absolute Gasteiger partial charge is 0.142 e. The Kier molecular flexibility index (Phi) is 4.38. The Morgan fingerprint density at radius 2 is 2.06 bits per heavy atom. The lowest BCUT2D eigenvalue weighted by molar-refractivity contribution is 0.621. The van der Waals surface area contributed by atoms with Crippen LogP contribution in [0, 0.1) is 19.7 Å². The van der Waals surface area contributed by atoms with Crippen molar-refractivity contribution in [2.45, 2.75) is 26.9 Å².